The number of ether oxygens (including phenoxy) is 3. The molecule has 0 amide bonds. The smallest absolute Gasteiger partial charge is 0.338 e. The highest BCUT2D eigenvalue weighted by Crippen LogP contribution is 2.55. The molecule has 3 heterocycles. The Balaban J connectivity index is 1.47. The second kappa shape index (κ2) is 10.5. The number of fused-ring (bicyclic) bond motifs is 1. The summed E-state index contributed by atoms with van der Waals surface area (Å²) in [6, 6.07) is 16.0. The molecule has 0 unspecified atom stereocenters. The van der Waals surface area contributed by atoms with E-state index in [1.54, 1.807) is 36.4 Å². The van der Waals surface area contributed by atoms with Crippen molar-refractivity contribution in [1.29, 1.82) is 0 Å². The maximum Gasteiger partial charge on any atom is 0.338 e. The Morgan fingerprint density at radius 1 is 0.974 bits per heavy atom. The van der Waals surface area contributed by atoms with E-state index in [-0.39, 0.29) is 32.7 Å². The highest BCUT2D eigenvalue weighted by molar-refractivity contribution is 6.35. The third-order valence-electron chi connectivity index (χ3n) is 6.57. The highest BCUT2D eigenvalue weighted by Gasteiger charge is 2.68. The number of rotatable bonds is 7. The van der Waals surface area contributed by atoms with Crippen LogP contribution in [0.3, 0.4) is 0 Å². The molecule has 202 valence electrons. The van der Waals surface area contributed by atoms with Crippen molar-refractivity contribution < 1.29 is 32.6 Å². The predicted molar refractivity (Wildman–Crippen MR) is 136 cm³/mol. The van der Waals surface area contributed by atoms with Crippen molar-refractivity contribution in [2.75, 3.05) is 13.2 Å². The van der Waals surface area contributed by atoms with Gasteiger partial charge in [0.2, 0.25) is 11.5 Å². The van der Waals surface area contributed by atoms with Crippen molar-refractivity contribution in [1.82, 2.24) is 19.5 Å². The van der Waals surface area contributed by atoms with Crippen LogP contribution in [0.25, 0.3) is 11.2 Å². The number of carbonyl (C=O) groups excluding carboxylic acids is 2. The number of alkyl halides is 2. The van der Waals surface area contributed by atoms with Gasteiger partial charge in [0.05, 0.1) is 22.9 Å². The molecule has 5 rings (SSSR count). The average Bonchev–Trinajstić information content (AvgIpc) is 3.43. The van der Waals surface area contributed by atoms with Gasteiger partial charge in [-0.1, -0.05) is 48.0 Å². The van der Waals surface area contributed by atoms with Gasteiger partial charge in [-0.05, 0) is 42.8 Å². The van der Waals surface area contributed by atoms with Crippen LogP contribution >= 0.6 is 23.2 Å². The molecule has 0 aliphatic carbocycles. The third kappa shape index (κ3) is 4.93. The van der Waals surface area contributed by atoms with Gasteiger partial charge in [0.1, 0.15) is 24.8 Å². The van der Waals surface area contributed by atoms with Crippen molar-refractivity contribution >= 4 is 46.3 Å². The van der Waals surface area contributed by atoms with E-state index in [0.29, 0.717) is 0 Å². The lowest BCUT2D eigenvalue weighted by Crippen LogP contribution is -2.48. The quantitative estimate of drug-likeness (QED) is 0.164. The van der Waals surface area contributed by atoms with Crippen LogP contribution in [0, 0.1) is 5.41 Å². The van der Waals surface area contributed by atoms with E-state index < -0.39 is 48.8 Å². The molecule has 9 nitrogen and oxygen atoms in total. The molecule has 2 aromatic heterocycles. The van der Waals surface area contributed by atoms with Gasteiger partial charge in [0.25, 0.3) is 0 Å². The molecule has 13 heteroatoms. The lowest BCUT2D eigenvalue weighted by atomic mass is 9.80. The molecule has 1 fully saturated rings. The second-order valence-corrected chi connectivity index (χ2v) is 9.73. The Morgan fingerprint density at radius 2 is 1.56 bits per heavy atom. The van der Waals surface area contributed by atoms with Crippen LogP contribution in [0.5, 0.6) is 0 Å². The average molecular weight is 577 g/mol. The molecule has 0 radical (unpaired) electrons. The Morgan fingerprint density at radius 3 is 2.18 bits per heavy atom. The fraction of sp³-hybridized carbons (Fsp3) is 0.269. The Kier molecular flexibility index (Phi) is 7.23. The molecule has 1 saturated heterocycles. The molecular formula is C26H20Cl2F2N4O5. The second-order valence-electron chi connectivity index (χ2n) is 9.03. The summed E-state index contributed by atoms with van der Waals surface area (Å²) in [5.74, 6) is -5.21. The van der Waals surface area contributed by atoms with E-state index in [1.165, 1.54) is 31.2 Å². The summed E-state index contributed by atoms with van der Waals surface area (Å²) in [5, 5.41) is -0.401. The zero-order valence-corrected chi connectivity index (χ0v) is 21.8. The van der Waals surface area contributed by atoms with Crippen molar-refractivity contribution in [3.8, 4) is 0 Å². The fourth-order valence-corrected chi connectivity index (χ4v) is 4.67. The maximum absolute atomic E-state index is 16.3. The number of carbonyl (C=O) groups is 2. The van der Waals surface area contributed by atoms with E-state index in [4.69, 9.17) is 37.4 Å². The molecule has 3 atom stereocenters. The lowest BCUT2D eigenvalue weighted by molar-refractivity contribution is -0.153. The van der Waals surface area contributed by atoms with Crippen LogP contribution in [0.15, 0.2) is 67.0 Å². The van der Waals surface area contributed by atoms with E-state index in [1.807, 2.05) is 0 Å². The normalized spacial score (nSPS) is 22.1. The van der Waals surface area contributed by atoms with Crippen LogP contribution in [-0.4, -0.2) is 56.7 Å². The van der Waals surface area contributed by atoms with Crippen LogP contribution in [0.4, 0.5) is 8.78 Å². The number of esters is 2. The summed E-state index contributed by atoms with van der Waals surface area (Å²) >= 11 is 12.0. The van der Waals surface area contributed by atoms with Crippen LogP contribution in [-0.2, 0) is 14.2 Å². The molecule has 0 saturated carbocycles. The first-order valence-electron chi connectivity index (χ1n) is 11.6. The lowest BCUT2D eigenvalue weighted by Gasteiger charge is -2.34. The van der Waals surface area contributed by atoms with E-state index in [0.717, 1.165) is 10.9 Å². The van der Waals surface area contributed by atoms with Gasteiger partial charge in [-0.15, -0.1) is 0 Å². The molecule has 0 N–H and O–H groups in total. The van der Waals surface area contributed by atoms with Gasteiger partial charge in [-0.25, -0.2) is 28.3 Å². The summed E-state index contributed by atoms with van der Waals surface area (Å²) < 4.78 is 50.0. The molecule has 39 heavy (non-hydrogen) atoms. The van der Waals surface area contributed by atoms with Gasteiger partial charge < -0.3 is 14.2 Å². The predicted octanol–water partition coefficient (Wildman–Crippen LogP) is 5.39. The number of imidazole rings is 1. The maximum atomic E-state index is 16.3. The molecule has 1 aliphatic rings. The molecule has 2 aromatic carbocycles. The fourth-order valence-electron chi connectivity index (χ4n) is 4.25. The zero-order valence-electron chi connectivity index (χ0n) is 20.3. The summed E-state index contributed by atoms with van der Waals surface area (Å²) in [4.78, 5) is 37.0. The van der Waals surface area contributed by atoms with Crippen molar-refractivity contribution in [2.45, 2.75) is 25.2 Å². The van der Waals surface area contributed by atoms with E-state index in [9.17, 15) is 9.59 Å². The third-order valence-corrected chi connectivity index (χ3v) is 7.00. The highest BCUT2D eigenvalue weighted by atomic mass is 35.5. The van der Waals surface area contributed by atoms with Gasteiger partial charge in [0.15, 0.2) is 10.8 Å². The van der Waals surface area contributed by atoms with Gasteiger partial charge in [-0.2, -0.15) is 4.98 Å². The summed E-state index contributed by atoms with van der Waals surface area (Å²) in [7, 11) is 0. The Hall–Kier alpha value is -3.67. The Labute approximate surface area is 230 Å². The van der Waals surface area contributed by atoms with Crippen molar-refractivity contribution in [3.63, 3.8) is 0 Å². The van der Waals surface area contributed by atoms with Crippen LogP contribution < -0.4 is 0 Å². The SMILES string of the molecule is C[C@@]1(COC(=O)c2ccccc2)[C@@H](COC(=O)c2ccccc2)O[C@@H](n2cnc3c(Cl)nc(Cl)nc32)C1(F)F. The number of aromatic nitrogens is 4. The first-order chi connectivity index (χ1) is 18.6. The van der Waals surface area contributed by atoms with E-state index >= 15 is 8.78 Å². The number of hydrogen-bond acceptors (Lipinski definition) is 8. The minimum Gasteiger partial charge on any atom is -0.461 e. The molecule has 0 spiro atoms. The summed E-state index contributed by atoms with van der Waals surface area (Å²) in [6.07, 6.45) is -2.31. The van der Waals surface area contributed by atoms with Gasteiger partial charge in [0, 0.05) is 0 Å². The number of halogens is 4. The monoisotopic (exact) mass is 576 g/mol. The van der Waals surface area contributed by atoms with Gasteiger partial charge >= 0.3 is 17.9 Å². The van der Waals surface area contributed by atoms with Crippen molar-refractivity contribution in [3.05, 3.63) is 88.6 Å². The van der Waals surface area contributed by atoms with Crippen molar-refractivity contribution in [2.24, 2.45) is 5.41 Å². The van der Waals surface area contributed by atoms with Crippen LogP contribution in [0.1, 0.15) is 33.9 Å². The first-order valence-corrected chi connectivity index (χ1v) is 12.4. The number of benzene rings is 2. The summed E-state index contributed by atoms with van der Waals surface area (Å²) in [5.41, 5.74) is -1.77. The first kappa shape index (κ1) is 26.9. The molecule has 1 aliphatic heterocycles. The topological polar surface area (TPSA) is 105 Å². The largest absolute Gasteiger partial charge is 0.461 e. The van der Waals surface area contributed by atoms with Crippen LogP contribution in [0.2, 0.25) is 10.4 Å². The van der Waals surface area contributed by atoms with Gasteiger partial charge in [-0.3, -0.25) is 4.57 Å². The minimum absolute atomic E-state index is 0.0385. The minimum atomic E-state index is -3.69. The molecule has 4 aromatic rings. The Bertz CT molecular complexity index is 1520. The zero-order chi connectivity index (χ0) is 27.8. The standard InChI is InChI=1S/C26H20Cl2F2N4O5/c1-25(13-38-22(36)16-10-6-3-7-11-16)17(12-37-21(35)15-8-4-2-5-9-15)39-23(26(25,29)30)34-14-31-18-19(27)32-24(28)33-20(18)34/h2-11,14,17,23H,12-13H2,1H3/t17-,23-,25-/m1/s1. The molecule has 0 bridgehead atoms. The molecular weight excluding hydrogens is 557 g/mol. The number of hydrogen-bond donors (Lipinski definition) is 0. The number of nitrogens with zero attached hydrogens (tertiary/aromatic N) is 4. The summed E-state index contributed by atoms with van der Waals surface area (Å²) in [6.45, 7) is -0.108. The van der Waals surface area contributed by atoms with E-state index in [2.05, 4.69) is 15.0 Å².